The van der Waals surface area contributed by atoms with E-state index in [9.17, 15) is 4.79 Å². The summed E-state index contributed by atoms with van der Waals surface area (Å²) in [7, 11) is 0. The van der Waals surface area contributed by atoms with Crippen molar-refractivity contribution in [2.24, 2.45) is 0 Å². The molecular formula is C35H24ClN3O. The van der Waals surface area contributed by atoms with Crippen LogP contribution in [0.3, 0.4) is 0 Å². The molecule has 1 amide bonds. The highest BCUT2D eigenvalue weighted by molar-refractivity contribution is 6.30. The number of nitrogens with zero attached hydrogens (tertiary/aromatic N) is 2. The fraction of sp³-hybridized carbons (Fsp3) is 0.0286. The van der Waals surface area contributed by atoms with Crippen LogP contribution in [0.25, 0.3) is 55.1 Å². The molecule has 0 bridgehead atoms. The van der Waals surface area contributed by atoms with Gasteiger partial charge in [-0.2, -0.15) is 0 Å². The summed E-state index contributed by atoms with van der Waals surface area (Å²) < 4.78 is 2.31. The van der Waals surface area contributed by atoms with Crippen LogP contribution < -0.4 is 5.32 Å². The molecule has 0 aliphatic carbocycles. The van der Waals surface area contributed by atoms with Gasteiger partial charge in [-0.05, 0) is 58.1 Å². The molecule has 0 fully saturated rings. The van der Waals surface area contributed by atoms with Crippen molar-refractivity contribution >= 4 is 66.9 Å². The topological polar surface area (TPSA) is 46.9 Å². The van der Waals surface area contributed by atoms with Gasteiger partial charge in [0.1, 0.15) is 0 Å². The number of fused-ring (bicyclic) bond motifs is 6. The number of rotatable bonds is 5. The zero-order chi connectivity index (χ0) is 27.1. The SMILES string of the molecule is O=C(/C=C/c1ccc(Cl)cc1)NCc1cc2c3ccccc3n(-c3cc4ccccc4c4ccccc34)c2cn1. The van der Waals surface area contributed by atoms with Crippen molar-refractivity contribution in [2.75, 3.05) is 0 Å². The summed E-state index contributed by atoms with van der Waals surface area (Å²) in [6.07, 6.45) is 5.21. The second-order valence-electron chi connectivity index (χ2n) is 9.81. The molecular weight excluding hydrogens is 514 g/mol. The van der Waals surface area contributed by atoms with Crippen molar-refractivity contribution in [3.05, 3.63) is 138 Å². The summed E-state index contributed by atoms with van der Waals surface area (Å²) in [6.45, 7) is 0.331. The zero-order valence-corrected chi connectivity index (χ0v) is 22.3. The Morgan fingerprint density at radius 2 is 1.45 bits per heavy atom. The molecule has 2 aromatic heterocycles. The average Bonchev–Trinajstić information content (AvgIpc) is 3.33. The van der Waals surface area contributed by atoms with Crippen LogP contribution in [0.15, 0.2) is 121 Å². The third kappa shape index (κ3) is 4.29. The van der Waals surface area contributed by atoms with Crippen LogP contribution in [0.1, 0.15) is 11.3 Å². The minimum atomic E-state index is -0.179. The predicted molar refractivity (Wildman–Crippen MR) is 166 cm³/mol. The lowest BCUT2D eigenvalue weighted by atomic mass is 10.00. The molecule has 7 rings (SSSR count). The first-order valence-corrected chi connectivity index (χ1v) is 13.5. The minimum Gasteiger partial charge on any atom is -0.347 e. The number of hydrogen-bond donors (Lipinski definition) is 1. The summed E-state index contributed by atoms with van der Waals surface area (Å²) in [5.74, 6) is -0.179. The van der Waals surface area contributed by atoms with Crippen LogP contribution in [-0.2, 0) is 11.3 Å². The van der Waals surface area contributed by atoms with Crippen molar-refractivity contribution in [3.8, 4) is 5.69 Å². The van der Waals surface area contributed by atoms with E-state index in [2.05, 4.69) is 94.8 Å². The van der Waals surface area contributed by atoms with Gasteiger partial charge in [0.05, 0.1) is 35.2 Å². The number of aromatic nitrogens is 2. The van der Waals surface area contributed by atoms with Crippen LogP contribution in [0.4, 0.5) is 0 Å². The largest absolute Gasteiger partial charge is 0.347 e. The monoisotopic (exact) mass is 537 g/mol. The highest BCUT2D eigenvalue weighted by atomic mass is 35.5. The molecule has 0 unspecified atom stereocenters. The predicted octanol–water partition coefficient (Wildman–Crippen LogP) is 8.47. The molecule has 1 N–H and O–H groups in total. The van der Waals surface area contributed by atoms with E-state index >= 15 is 0 Å². The van der Waals surface area contributed by atoms with Crippen LogP contribution in [0, 0.1) is 0 Å². The molecule has 0 spiro atoms. The Kier molecular flexibility index (Phi) is 6.03. The maximum absolute atomic E-state index is 12.5. The van der Waals surface area contributed by atoms with Gasteiger partial charge < -0.3 is 9.88 Å². The highest BCUT2D eigenvalue weighted by Crippen LogP contribution is 2.37. The fourth-order valence-corrected chi connectivity index (χ4v) is 5.60. The van der Waals surface area contributed by atoms with Gasteiger partial charge in [-0.3, -0.25) is 9.78 Å². The third-order valence-corrected chi connectivity index (χ3v) is 7.60. The lowest BCUT2D eigenvalue weighted by Crippen LogP contribution is -2.20. The first-order valence-electron chi connectivity index (χ1n) is 13.2. The van der Waals surface area contributed by atoms with E-state index in [-0.39, 0.29) is 5.91 Å². The Labute approximate surface area is 236 Å². The average molecular weight is 538 g/mol. The quantitative estimate of drug-likeness (QED) is 0.177. The van der Waals surface area contributed by atoms with E-state index in [1.54, 1.807) is 18.2 Å². The molecule has 0 aliphatic rings. The molecule has 5 aromatic carbocycles. The molecule has 0 saturated heterocycles. The molecule has 2 heterocycles. The number of hydrogen-bond acceptors (Lipinski definition) is 2. The third-order valence-electron chi connectivity index (χ3n) is 7.34. The molecule has 40 heavy (non-hydrogen) atoms. The Morgan fingerprint density at radius 1 is 0.750 bits per heavy atom. The standard InChI is InChI=1S/C35H24ClN3O/c36-25-16-13-23(14-17-25)15-18-35(40)38-21-26-20-31-30-11-5-6-12-32(30)39(34(31)22-37-26)33-19-24-7-1-2-8-27(24)28-9-3-4-10-29(28)33/h1-20,22H,21H2,(H,38,40)/b18-15+. The van der Waals surface area contributed by atoms with Crippen molar-refractivity contribution in [3.63, 3.8) is 0 Å². The van der Waals surface area contributed by atoms with Crippen molar-refractivity contribution in [2.45, 2.75) is 6.54 Å². The van der Waals surface area contributed by atoms with E-state index in [0.717, 1.165) is 38.8 Å². The highest BCUT2D eigenvalue weighted by Gasteiger charge is 2.16. The number of nitrogens with one attached hydrogen (secondary N) is 1. The van der Waals surface area contributed by atoms with Crippen molar-refractivity contribution in [1.29, 1.82) is 0 Å². The summed E-state index contributed by atoms with van der Waals surface area (Å²) in [4.78, 5) is 17.3. The smallest absolute Gasteiger partial charge is 0.244 e. The lowest BCUT2D eigenvalue weighted by molar-refractivity contribution is -0.116. The van der Waals surface area contributed by atoms with Gasteiger partial charge in [0.2, 0.25) is 5.91 Å². The Bertz CT molecular complexity index is 2090. The van der Waals surface area contributed by atoms with Crippen molar-refractivity contribution in [1.82, 2.24) is 14.9 Å². The Hall–Kier alpha value is -4.93. The molecule has 0 radical (unpaired) electrons. The number of carbonyl (C=O) groups excluding carboxylic acids is 1. The molecule has 7 aromatic rings. The van der Waals surface area contributed by atoms with Gasteiger partial charge >= 0.3 is 0 Å². The van der Waals surface area contributed by atoms with Gasteiger partial charge in [0, 0.05) is 27.3 Å². The Balaban J connectivity index is 1.28. The summed E-state index contributed by atoms with van der Waals surface area (Å²) >= 11 is 5.94. The van der Waals surface area contributed by atoms with Gasteiger partial charge in [0.15, 0.2) is 0 Å². The first-order chi connectivity index (χ1) is 19.7. The molecule has 0 saturated carbocycles. The molecule has 0 atom stereocenters. The van der Waals surface area contributed by atoms with Crippen LogP contribution in [0.2, 0.25) is 5.02 Å². The maximum atomic E-state index is 12.5. The van der Waals surface area contributed by atoms with Crippen LogP contribution in [-0.4, -0.2) is 15.5 Å². The molecule has 4 nitrogen and oxygen atoms in total. The maximum Gasteiger partial charge on any atom is 0.244 e. The molecule has 192 valence electrons. The minimum absolute atomic E-state index is 0.179. The van der Waals surface area contributed by atoms with Crippen LogP contribution >= 0.6 is 11.6 Å². The van der Waals surface area contributed by atoms with E-state index < -0.39 is 0 Å². The summed E-state index contributed by atoms with van der Waals surface area (Å²) in [5, 5.41) is 10.7. The van der Waals surface area contributed by atoms with Crippen molar-refractivity contribution < 1.29 is 4.79 Å². The van der Waals surface area contributed by atoms with Gasteiger partial charge in [0.25, 0.3) is 0 Å². The second-order valence-corrected chi connectivity index (χ2v) is 10.2. The second kappa shape index (κ2) is 9.99. The van der Waals surface area contributed by atoms with E-state index in [4.69, 9.17) is 16.6 Å². The van der Waals surface area contributed by atoms with Gasteiger partial charge in [-0.15, -0.1) is 0 Å². The summed E-state index contributed by atoms with van der Waals surface area (Å²) in [6, 6.07) is 37.2. The fourth-order valence-electron chi connectivity index (χ4n) is 5.47. The zero-order valence-electron chi connectivity index (χ0n) is 21.5. The van der Waals surface area contributed by atoms with Crippen LogP contribution in [0.5, 0.6) is 0 Å². The lowest BCUT2D eigenvalue weighted by Gasteiger charge is -2.14. The van der Waals surface area contributed by atoms with E-state index in [1.807, 2.05) is 18.3 Å². The van der Waals surface area contributed by atoms with Gasteiger partial charge in [-0.1, -0.05) is 90.5 Å². The molecule has 0 aliphatic heterocycles. The van der Waals surface area contributed by atoms with Gasteiger partial charge in [-0.25, -0.2) is 0 Å². The number of carbonyl (C=O) groups is 1. The normalized spacial score (nSPS) is 11.7. The number of amides is 1. The van der Waals surface area contributed by atoms with E-state index in [0.29, 0.717) is 11.6 Å². The van der Waals surface area contributed by atoms with E-state index in [1.165, 1.54) is 27.6 Å². The number of halogens is 1. The number of benzene rings is 5. The number of pyridine rings is 1. The first kappa shape index (κ1) is 24.1. The number of para-hydroxylation sites is 1. The Morgan fingerprint density at radius 3 is 2.27 bits per heavy atom. The molecule has 5 heteroatoms. The summed E-state index contributed by atoms with van der Waals surface area (Å²) in [5.41, 5.74) is 4.97.